The zero-order chi connectivity index (χ0) is 9.26. The van der Waals surface area contributed by atoms with Gasteiger partial charge in [0.2, 0.25) is 0 Å². The maximum absolute atomic E-state index is 10.4. The van der Waals surface area contributed by atoms with Gasteiger partial charge in [-0.3, -0.25) is 0 Å². The number of phenolic OH excluding ortho intramolecular Hbond substituents is 1. The fraction of sp³-hybridized carbons (Fsp3) is 0. The summed E-state index contributed by atoms with van der Waals surface area (Å²) < 4.78 is 0. The first kappa shape index (κ1) is 7.73. The molecule has 1 N–H and O–H groups in total. The molecule has 0 unspecified atom stereocenters. The molecule has 0 saturated carbocycles. The van der Waals surface area contributed by atoms with Crippen LogP contribution < -0.4 is 0 Å². The van der Waals surface area contributed by atoms with E-state index in [1.807, 2.05) is 6.07 Å². The molecule has 0 aliphatic heterocycles. The summed E-state index contributed by atoms with van der Waals surface area (Å²) in [5, 5.41) is 13.7. The summed E-state index contributed by atoms with van der Waals surface area (Å²) in [7, 11) is 0. The molecule has 13 heavy (non-hydrogen) atoms. The van der Waals surface area contributed by atoms with Crippen LogP contribution in [-0.2, 0) is 0 Å². The van der Waals surface area contributed by atoms with Gasteiger partial charge in [0, 0.05) is 5.39 Å². The molecular formula is C10H7NO2. The zero-order valence-electron chi connectivity index (χ0n) is 6.77. The average molecular weight is 173 g/mol. The zero-order valence-corrected chi connectivity index (χ0v) is 6.77. The van der Waals surface area contributed by atoms with Crippen molar-refractivity contribution >= 4 is 16.5 Å². The van der Waals surface area contributed by atoms with Crippen LogP contribution in [0, 0.1) is 4.91 Å². The summed E-state index contributed by atoms with van der Waals surface area (Å²) in [5.74, 6) is 0.142. The predicted molar refractivity (Wildman–Crippen MR) is 51.1 cm³/mol. The van der Waals surface area contributed by atoms with Gasteiger partial charge in [0.05, 0.1) is 0 Å². The van der Waals surface area contributed by atoms with E-state index in [9.17, 15) is 10.0 Å². The van der Waals surface area contributed by atoms with E-state index < -0.39 is 0 Å². The summed E-state index contributed by atoms with van der Waals surface area (Å²) in [6, 6.07) is 10.1. The molecule has 2 aromatic carbocycles. The van der Waals surface area contributed by atoms with Gasteiger partial charge < -0.3 is 5.11 Å². The van der Waals surface area contributed by atoms with Crippen LogP contribution in [0.3, 0.4) is 0 Å². The molecule has 0 aliphatic rings. The molecule has 3 heteroatoms. The van der Waals surface area contributed by atoms with Crippen molar-refractivity contribution in [1.29, 1.82) is 0 Å². The molecule has 2 rings (SSSR count). The predicted octanol–water partition coefficient (Wildman–Crippen LogP) is 2.94. The number of fused-ring (bicyclic) bond motifs is 1. The quantitative estimate of drug-likeness (QED) is 0.674. The molecule has 3 nitrogen and oxygen atoms in total. The van der Waals surface area contributed by atoms with Crippen LogP contribution >= 0.6 is 0 Å². The number of hydrogen-bond acceptors (Lipinski definition) is 3. The molecule has 0 saturated heterocycles. The fourth-order valence-corrected chi connectivity index (χ4v) is 1.32. The van der Waals surface area contributed by atoms with Crippen LogP contribution in [0.15, 0.2) is 41.6 Å². The Morgan fingerprint density at radius 3 is 2.77 bits per heavy atom. The summed E-state index contributed by atoms with van der Waals surface area (Å²) in [6.07, 6.45) is 0. The van der Waals surface area contributed by atoms with Gasteiger partial charge in [-0.25, -0.2) is 0 Å². The smallest absolute Gasteiger partial charge is 0.116 e. The fourth-order valence-electron chi connectivity index (χ4n) is 1.32. The minimum absolute atomic E-state index is 0.142. The number of nitroso groups, excluding NO2 is 1. The van der Waals surface area contributed by atoms with Gasteiger partial charge in [-0.15, -0.1) is 4.91 Å². The van der Waals surface area contributed by atoms with E-state index in [0.29, 0.717) is 11.1 Å². The van der Waals surface area contributed by atoms with Crippen LogP contribution in [0.1, 0.15) is 0 Å². The topological polar surface area (TPSA) is 49.7 Å². The van der Waals surface area contributed by atoms with Crippen LogP contribution in [-0.4, -0.2) is 5.11 Å². The highest BCUT2D eigenvalue weighted by Gasteiger charge is 2.00. The minimum Gasteiger partial charge on any atom is -0.508 e. The molecule has 0 amide bonds. The van der Waals surface area contributed by atoms with Crippen LogP contribution in [0.4, 0.5) is 5.69 Å². The van der Waals surface area contributed by atoms with E-state index in [-0.39, 0.29) is 5.75 Å². The second kappa shape index (κ2) is 2.86. The monoisotopic (exact) mass is 173 g/mol. The van der Waals surface area contributed by atoms with Gasteiger partial charge >= 0.3 is 0 Å². The SMILES string of the molecule is O=Nc1cccc2ccc(O)cc12. The number of benzene rings is 2. The first-order valence-electron chi connectivity index (χ1n) is 3.86. The second-order valence-corrected chi connectivity index (χ2v) is 2.77. The molecular weight excluding hydrogens is 166 g/mol. The van der Waals surface area contributed by atoms with Crippen molar-refractivity contribution in [2.24, 2.45) is 5.18 Å². The summed E-state index contributed by atoms with van der Waals surface area (Å²) in [4.78, 5) is 10.4. The Bertz CT molecular complexity index is 465. The normalized spacial score (nSPS) is 10.2. The van der Waals surface area contributed by atoms with E-state index in [1.165, 1.54) is 6.07 Å². The molecule has 0 aromatic heterocycles. The molecule has 0 radical (unpaired) electrons. The summed E-state index contributed by atoms with van der Waals surface area (Å²) in [5.41, 5.74) is 0.355. The van der Waals surface area contributed by atoms with E-state index in [0.717, 1.165) is 5.39 Å². The largest absolute Gasteiger partial charge is 0.508 e. The van der Waals surface area contributed by atoms with Crippen molar-refractivity contribution in [3.8, 4) is 5.75 Å². The number of rotatable bonds is 1. The highest BCUT2D eigenvalue weighted by atomic mass is 16.3. The third-order valence-electron chi connectivity index (χ3n) is 1.94. The highest BCUT2D eigenvalue weighted by molar-refractivity contribution is 5.93. The lowest BCUT2D eigenvalue weighted by molar-refractivity contribution is 0.476. The van der Waals surface area contributed by atoms with Gasteiger partial charge in [0.25, 0.3) is 0 Å². The Kier molecular flexibility index (Phi) is 1.70. The first-order valence-corrected chi connectivity index (χ1v) is 3.86. The molecule has 0 bridgehead atoms. The van der Waals surface area contributed by atoms with Crippen molar-refractivity contribution in [3.63, 3.8) is 0 Å². The molecule has 64 valence electrons. The molecule has 0 spiro atoms. The Morgan fingerprint density at radius 2 is 2.00 bits per heavy atom. The molecule has 0 atom stereocenters. The minimum atomic E-state index is 0.142. The van der Waals surface area contributed by atoms with Crippen molar-refractivity contribution in [3.05, 3.63) is 41.3 Å². The summed E-state index contributed by atoms with van der Waals surface area (Å²) in [6.45, 7) is 0. The molecule has 0 aliphatic carbocycles. The molecule has 2 aromatic rings. The number of hydrogen-bond donors (Lipinski definition) is 1. The van der Waals surface area contributed by atoms with Crippen LogP contribution in [0.2, 0.25) is 0 Å². The highest BCUT2D eigenvalue weighted by Crippen LogP contribution is 2.28. The third kappa shape index (κ3) is 1.24. The van der Waals surface area contributed by atoms with Gasteiger partial charge in [-0.1, -0.05) is 18.2 Å². The van der Waals surface area contributed by atoms with Crippen molar-refractivity contribution in [2.45, 2.75) is 0 Å². The molecule has 0 fully saturated rings. The van der Waals surface area contributed by atoms with Crippen molar-refractivity contribution in [2.75, 3.05) is 0 Å². The lowest BCUT2D eigenvalue weighted by Crippen LogP contribution is -1.72. The van der Waals surface area contributed by atoms with E-state index in [1.54, 1.807) is 24.3 Å². The van der Waals surface area contributed by atoms with Crippen molar-refractivity contribution < 1.29 is 5.11 Å². The van der Waals surface area contributed by atoms with Gasteiger partial charge in [0.1, 0.15) is 11.4 Å². The number of aromatic hydroxyl groups is 1. The van der Waals surface area contributed by atoms with Crippen LogP contribution in [0.25, 0.3) is 10.8 Å². The lowest BCUT2D eigenvalue weighted by atomic mass is 10.1. The standard InChI is InChI=1S/C10H7NO2/c12-8-5-4-7-2-1-3-10(11-13)9(7)6-8/h1-6,12H. The van der Waals surface area contributed by atoms with Gasteiger partial charge in [-0.2, -0.15) is 0 Å². The maximum atomic E-state index is 10.4. The Hall–Kier alpha value is -1.90. The molecule has 0 heterocycles. The van der Waals surface area contributed by atoms with Crippen LogP contribution in [0.5, 0.6) is 5.75 Å². The Morgan fingerprint density at radius 1 is 1.15 bits per heavy atom. The Labute approximate surface area is 74.6 Å². The van der Waals surface area contributed by atoms with Gasteiger partial charge in [-0.05, 0) is 28.8 Å². The maximum Gasteiger partial charge on any atom is 0.116 e. The van der Waals surface area contributed by atoms with E-state index >= 15 is 0 Å². The third-order valence-corrected chi connectivity index (χ3v) is 1.94. The number of nitrogens with zero attached hydrogens (tertiary/aromatic N) is 1. The first-order chi connectivity index (χ1) is 6.31. The number of phenols is 1. The second-order valence-electron chi connectivity index (χ2n) is 2.77. The lowest BCUT2D eigenvalue weighted by Gasteiger charge is -1.99. The van der Waals surface area contributed by atoms with E-state index in [4.69, 9.17) is 0 Å². The van der Waals surface area contributed by atoms with Crippen molar-refractivity contribution in [1.82, 2.24) is 0 Å². The Balaban J connectivity index is 2.86. The van der Waals surface area contributed by atoms with E-state index in [2.05, 4.69) is 5.18 Å². The average Bonchev–Trinajstić information content (AvgIpc) is 2.17. The summed E-state index contributed by atoms with van der Waals surface area (Å²) >= 11 is 0. The van der Waals surface area contributed by atoms with Gasteiger partial charge in [0.15, 0.2) is 0 Å².